The first-order valence-electron chi connectivity index (χ1n) is 4.18. The maximum Gasteiger partial charge on any atom is 0.228 e. The first kappa shape index (κ1) is 10.5. The number of carbonyl (C=O) groups is 1. The van der Waals surface area contributed by atoms with Gasteiger partial charge in [0.25, 0.3) is 0 Å². The van der Waals surface area contributed by atoms with Crippen LogP contribution in [0.2, 0.25) is 0 Å². The lowest BCUT2D eigenvalue weighted by molar-refractivity contribution is -0.135. The van der Waals surface area contributed by atoms with E-state index in [0.29, 0.717) is 0 Å². The summed E-state index contributed by atoms with van der Waals surface area (Å²) in [7, 11) is 1.64. The second-order valence-corrected chi connectivity index (χ2v) is 3.60. The summed E-state index contributed by atoms with van der Waals surface area (Å²) < 4.78 is 5.20. The number of primary amides is 1. The number of aliphatic hydroxyl groups excluding tert-OH is 2. The van der Waals surface area contributed by atoms with Crippen LogP contribution in [0.25, 0.3) is 0 Å². The van der Waals surface area contributed by atoms with Crippen LogP contribution in [-0.4, -0.2) is 48.8 Å². The monoisotopic (exact) mass is 187 g/mol. The first-order chi connectivity index (χ1) is 5.94. The van der Waals surface area contributed by atoms with Crippen molar-refractivity contribution in [2.75, 3.05) is 6.61 Å². The molecule has 1 saturated heterocycles. The topological polar surface area (TPSA) is 92.8 Å². The number of carbonyl (C=O) groups excluding carboxylic acids is 1. The first-order valence-corrected chi connectivity index (χ1v) is 4.18. The van der Waals surface area contributed by atoms with Gasteiger partial charge in [-0.05, 0) is 6.92 Å². The highest BCUT2D eigenvalue weighted by Gasteiger charge is 2.54. The van der Waals surface area contributed by atoms with Crippen LogP contribution >= 0.6 is 0 Å². The normalized spacial score (nSPS) is 45.0. The summed E-state index contributed by atoms with van der Waals surface area (Å²) in [5, 5.41) is 18.6. The van der Waals surface area contributed by atoms with Gasteiger partial charge in [0.15, 0.2) is 0 Å². The molecule has 0 spiro atoms. The minimum Gasteiger partial charge on any atom is -0.394 e. The van der Waals surface area contributed by atoms with E-state index in [1.54, 1.807) is 7.85 Å². The third kappa shape index (κ3) is 1.35. The maximum atomic E-state index is 11.1. The van der Waals surface area contributed by atoms with Crippen molar-refractivity contribution in [1.29, 1.82) is 0 Å². The average Bonchev–Trinajstić information content (AvgIpc) is 2.30. The molecule has 4 N–H and O–H groups in total. The Balaban J connectivity index is 2.97. The molecular weight excluding hydrogens is 173 g/mol. The molecule has 2 unspecified atom stereocenters. The largest absolute Gasteiger partial charge is 0.394 e. The summed E-state index contributed by atoms with van der Waals surface area (Å²) in [5.41, 5.74) is 3.97. The van der Waals surface area contributed by atoms with E-state index >= 15 is 0 Å². The molecule has 0 bridgehead atoms. The Bertz CT molecular complexity index is 225. The van der Waals surface area contributed by atoms with Crippen molar-refractivity contribution >= 4 is 13.8 Å². The van der Waals surface area contributed by atoms with Crippen LogP contribution in [-0.2, 0) is 9.53 Å². The lowest BCUT2D eigenvalue weighted by atomic mass is 9.75. The molecule has 0 aromatic rings. The number of hydrogen-bond acceptors (Lipinski definition) is 4. The summed E-state index contributed by atoms with van der Waals surface area (Å²) in [6.45, 7) is 1.19. The Labute approximate surface area is 77.3 Å². The standard InChI is InChI=1S/C7H14BNO4/c1-7(6(9)12)3(2-10)13-5(8)4(7)11/h3-5,10-11H,2,8H2,1H3,(H2,9,12)/t3?,4-,5?,7-/m0/s1. The zero-order valence-corrected chi connectivity index (χ0v) is 7.73. The molecule has 0 aromatic heterocycles. The van der Waals surface area contributed by atoms with Crippen LogP contribution in [0.15, 0.2) is 0 Å². The molecule has 1 aliphatic heterocycles. The smallest absolute Gasteiger partial charge is 0.228 e. The van der Waals surface area contributed by atoms with Crippen LogP contribution in [0.3, 0.4) is 0 Å². The van der Waals surface area contributed by atoms with Crippen molar-refractivity contribution in [2.45, 2.75) is 25.1 Å². The molecule has 13 heavy (non-hydrogen) atoms. The Morgan fingerprint density at radius 3 is 2.62 bits per heavy atom. The number of hydrogen-bond donors (Lipinski definition) is 3. The van der Waals surface area contributed by atoms with Crippen molar-refractivity contribution < 1.29 is 19.7 Å². The summed E-state index contributed by atoms with van der Waals surface area (Å²) in [6.07, 6.45) is -1.67. The molecule has 1 aliphatic rings. The van der Waals surface area contributed by atoms with E-state index in [-0.39, 0.29) is 6.61 Å². The molecular formula is C7H14BNO4. The molecule has 0 saturated carbocycles. The highest BCUT2D eigenvalue weighted by molar-refractivity contribution is 6.12. The lowest BCUT2D eigenvalue weighted by Gasteiger charge is -2.27. The summed E-state index contributed by atoms with van der Waals surface area (Å²) >= 11 is 0. The summed E-state index contributed by atoms with van der Waals surface area (Å²) in [5.74, 6) is -0.650. The molecule has 1 amide bonds. The van der Waals surface area contributed by atoms with E-state index in [4.69, 9.17) is 15.6 Å². The van der Waals surface area contributed by atoms with Crippen molar-refractivity contribution in [2.24, 2.45) is 11.1 Å². The van der Waals surface area contributed by atoms with E-state index in [1.807, 2.05) is 0 Å². The highest BCUT2D eigenvalue weighted by Crippen LogP contribution is 2.37. The van der Waals surface area contributed by atoms with E-state index in [0.717, 1.165) is 0 Å². The maximum absolute atomic E-state index is 11.1. The van der Waals surface area contributed by atoms with Gasteiger partial charge in [0, 0.05) is 0 Å². The minimum absolute atomic E-state index is 0.319. The predicted molar refractivity (Wildman–Crippen MR) is 47.6 cm³/mol. The predicted octanol–water partition coefficient (Wildman–Crippen LogP) is -2.81. The molecule has 1 fully saturated rings. The van der Waals surface area contributed by atoms with Gasteiger partial charge in [0.2, 0.25) is 5.91 Å². The fraction of sp³-hybridized carbons (Fsp3) is 0.857. The van der Waals surface area contributed by atoms with Crippen molar-refractivity contribution in [1.82, 2.24) is 0 Å². The minimum atomic E-state index is -1.19. The Morgan fingerprint density at radius 2 is 2.31 bits per heavy atom. The Morgan fingerprint density at radius 1 is 1.77 bits per heavy atom. The number of amides is 1. The van der Waals surface area contributed by atoms with Gasteiger partial charge in [-0.1, -0.05) is 0 Å². The van der Waals surface area contributed by atoms with Gasteiger partial charge in [-0.2, -0.15) is 0 Å². The second kappa shape index (κ2) is 3.28. The fourth-order valence-electron chi connectivity index (χ4n) is 1.69. The molecule has 4 atom stereocenters. The van der Waals surface area contributed by atoms with E-state index in [9.17, 15) is 9.90 Å². The average molecular weight is 187 g/mol. The zero-order chi connectivity index (χ0) is 10.2. The number of ether oxygens (including phenoxy) is 1. The summed E-state index contributed by atoms with van der Waals surface area (Å²) in [6, 6.07) is -0.477. The molecule has 0 radical (unpaired) electrons. The van der Waals surface area contributed by atoms with Crippen LogP contribution in [0, 0.1) is 5.41 Å². The SMILES string of the molecule is BC1OC(CO)[C@](C)(C(N)=O)[C@H]1O. The van der Waals surface area contributed by atoms with Crippen LogP contribution in [0.5, 0.6) is 0 Å². The fourth-order valence-corrected chi connectivity index (χ4v) is 1.69. The zero-order valence-electron chi connectivity index (χ0n) is 7.73. The number of rotatable bonds is 2. The molecule has 1 rings (SSSR count). The Kier molecular flexibility index (Phi) is 2.65. The molecule has 5 nitrogen and oxygen atoms in total. The third-order valence-corrected chi connectivity index (χ3v) is 2.80. The van der Waals surface area contributed by atoms with Crippen LogP contribution < -0.4 is 5.73 Å². The Hall–Kier alpha value is -0.585. The van der Waals surface area contributed by atoms with Crippen LogP contribution in [0.4, 0.5) is 0 Å². The molecule has 6 heteroatoms. The molecule has 74 valence electrons. The van der Waals surface area contributed by atoms with Gasteiger partial charge in [0.05, 0.1) is 24.8 Å². The third-order valence-electron chi connectivity index (χ3n) is 2.80. The molecule has 0 aliphatic carbocycles. The van der Waals surface area contributed by atoms with Crippen molar-refractivity contribution in [3.63, 3.8) is 0 Å². The van der Waals surface area contributed by atoms with Gasteiger partial charge >= 0.3 is 0 Å². The van der Waals surface area contributed by atoms with Crippen molar-refractivity contribution in [3.8, 4) is 0 Å². The van der Waals surface area contributed by atoms with Crippen molar-refractivity contribution in [3.05, 3.63) is 0 Å². The molecule has 1 heterocycles. The second-order valence-electron chi connectivity index (χ2n) is 3.60. The molecule has 0 aromatic carbocycles. The van der Waals surface area contributed by atoms with Gasteiger partial charge in [0.1, 0.15) is 13.3 Å². The van der Waals surface area contributed by atoms with E-state index in [2.05, 4.69) is 0 Å². The van der Waals surface area contributed by atoms with Crippen LogP contribution in [0.1, 0.15) is 6.92 Å². The number of aliphatic hydroxyl groups is 2. The highest BCUT2D eigenvalue weighted by atomic mass is 16.5. The van der Waals surface area contributed by atoms with Gasteiger partial charge in [-0.25, -0.2) is 0 Å². The quantitative estimate of drug-likeness (QED) is 0.407. The van der Waals surface area contributed by atoms with E-state index in [1.165, 1.54) is 6.92 Å². The lowest BCUT2D eigenvalue weighted by Crippen LogP contribution is -2.50. The number of nitrogens with two attached hydrogens (primary N) is 1. The summed E-state index contributed by atoms with van der Waals surface area (Å²) in [4.78, 5) is 11.1. The van der Waals surface area contributed by atoms with Gasteiger partial charge < -0.3 is 20.7 Å². The van der Waals surface area contributed by atoms with E-state index < -0.39 is 29.5 Å². The van der Waals surface area contributed by atoms with Gasteiger partial charge in [-0.3, -0.25) is 4.79 Å². The van der Waals surface area contributed by atoms with Gasteiger partial charge in [-0.15, -0.1) is 0 Å².